The summed E-state index contributed by atoms with van der Waals surface area (Å²) in [6.07, 6.45) is 5.12. The standard InChI is InChI=1S/C22H31N3O3/c1-3-17(2)25(16-18-10-5-4-6-11-18)19(26)12-9-15-24-20(27)22(23-21(24)28)13-7-8-14-22/h4-6,10-11,17H,3,7-9,12-16H2,1-2H3,(H,23,28). The minimum absolute atomic E-state index is 0.0702. The zero-order chi connectivity index (χ0) is 20.1. The molecule has 1 spiro atoms. The van der Waals surface area contributed by atoms with Crippen molar-refractivity contribution >= 4 is 17.8 Å². The molecule has 1 atom stereocenters. The van der Waals surface area contributed by atoms with Crippen molar-refractivity contribution in [3.8, 4) is 0 Å². The fourth-order valence-electron chi connectivity index (χ4n) is 4.22. The van der Waals surface area contributed by atoms with Gasteiger partial charge in [-0.05, 0) is 38.2 Å². The number of urea groups is 1. The van der Waals surface area contributed by atoms with E-state index in [-0.39, 0.29) is 23.9 Å². The van der Waals surface area contributed by atoms with Crippen molar-refractivity contribution in [2.45, 2.75) is 76.9 Å². The molecule has 28 heavy (non-hydrogen) atoms. The highest BCUT2D eigenvalue weighted by molar-refractivity contribution is 6.07. The summed E-state index contributed by atoms with van der Waals surface area (Å²) in [7, 11) is 0. The van der Waals surface area contributed by atoms with Gasteiger partial charge in [0.1, 0.15) is 5.54 Å². The highest BCUT2D eigenvalue weighted by Gasteiger charge is 2.52. The molecule has 2 fully saturated rings. The van der Waals surface area contributed by atoms with Gasteiger partial charge in [0, 0.05) is 25.6 Å². The molecule has 1 saturated carbocycles. The smallest absolute Gasteiger partial charge is 0.325 e. The molecule has 152 valence electrons. The normalized spacial score (nSPS) is 19.1. The molecule has 1 saturated heterocycles. The number of amides is 4. The van der Waals surface area contributed by atoms with Crippen molar-refractivity contribution < 1.29 is 14.4 Å². The second-order valence-corrected chi connectivity index (χ2v) is 8.04. The van der Waals surface area contributed by atoms with Gasteiger partial charge in [0.25, 0.3) is 5.91 Å². The SMILES string of the molecule is CCC(C)N(Cc1ccccc1)C(=O)CCCN1C(=O)NC2(CCCC2)C1=O. The van der Waals surface area contributed by atoms with Crippen LogP contribution in [0.3, 0.4) is 0 Å². The first kappa shape index (κ1) is 20.4. The summed E-state index contributed by atoms with van der Waals surface area (Å²) in [5, 5.41) is 2.89. The molecular weight excluding hydrogens is 354 g/mol. The molecule has 0 bridgehead atoms. The number of carbonyl (C=O) groups excluding carboxylic acids is 3. The second-order valence-electron chi connectivity index (χ2n) is 8.04. The molecule has 1 aliphatic heterocycles. The van der Waals surface area contributed by atoms with E-state index in [0.29, 0.717) is 25.9 Å². The van der Waals surface area contributed by atoms with Gasteiger partial charge < -0.3 is 10.2 Å². The first-order valence-corrected chi connectivity index (χ1v) is 10.4. The number of rotatable bonds is 8. The number of nitrogens with zero attached hydrogens (tertiary/aromatic N) is 2. The van der Waals surface area contributed by atoms with Crippen LogP contribution in [0.15, 0.2) is 30.3 Å². The van der Waals surface area contributed by atoms with Crippen molar-refractivity contribution in [2.24, 2.45) is 0 Å². The maximum atomic E-state index is 12.9. The summed E-state index contributed by atoms with van der Waals surface area (Å²) >= 11 is 0. The van der Waals surface area contributed by atoms with Crippen molar-refractivity contribution in [1.29, 1.82) is 0 Å². The molecule has 1 aromatic carbocycles. The Hall–Kier alpha value is -2.37. The van der Waals surface area contributed by atoms with Crippen LogP contribution in [0.5, 0.6) is 0 Å². The lowest BCUT2D eigenvalue weighted by Crippen LogP contribution is -2.44. The Morgan fingerprint density at radius 3 is 2.54 bits per heavy atom. The van der Waals surface area contributed by atoms with Gasteiger partial charge in [-0.15, -0.1) is 0 Å². The number of nitrogens with one attached hydrogen (secondary N) is 1. The largest absolute Gasteiger partial charge is 0.336 e. The number of hydrogen-bond donors (Lipinski definition) is 1. The lowest BCUT2D eigenvalue weighted by atomic mass is 9.98. The lowest BCUT2D eigenvalue weighted by molar-refractivity contribution is -0.135. The quantitative estimate of drug-likeness (QED) is 0.697. The van der Waals surface area contributed by atoms with Crippen molar-refractivity contribution in [3.05, 3.63) is 35.9 Å². The van der Waals surface area contributed by atoms with E-state index in [0.717, 1.165) is 37.7 Å². The lowest BCUT2D eigenvalue weighted by Gasteiger charge is -2.29. The van der Waals surface area contributed by atoms with Crippen molar-refractivity contribution in [3.63, 3.8) is 0 Å². The first-order chi connectivity index (χ1) is 13.5. The van der Waals surface area contributed by atoms with Gasteiger partial charge in [0.05, 0.1) is 0 Å². The van der Waals surface area contributed by atoms with Gasteiger partial charge in [-0.25, -0.2) is 4.79 Å². The number of hydrogen-bond acceptors (Lipinski definition) is 3. The van der Waals surface area contributed by atoms with Crippen LogP contribution in [0.4, 0.5) is 4.79 Å². The van der Waals surface area contributed by atoms with Crippen LogP contribution in [0.25, 0.3) is 0 Å². The number of carbonyl (C=O) groups is 3. The van der Waals surface area contributed by atoms with E-state index in [1.54, 1.807) is 0 Å². The maximum Gasteiger partial charge on any atom is 0.325 e. The van der Waals surface area contributed by atoms with Gasteiger partial charge >= 0.3 is 6.03 Å². The molecule has 0 radical (unpaired) electrons. The molecule has 3 rings (SSSR count). The Bertz CT molecular complexity index is 713. The van der Waals surface area contributed by atoms with E-state index in [4.69, 9.17) is 0 Å². The zero-order valence-electron chi connectivity index (χ0n) is 16.9. The van der Waals surface area contributed by atoms with E-state index in [2.05, 4.69) is 19.2 Å². The summed E-state index contributed by atoms with van der Waals surface area (Å²) < 4.78 is 0. The van der Waals surface area contributed by atoms with Gasteiger partial charge in [0.15, 0.2) is 0 Å². The second kappa shape index (κ2) is 8.76. The van der Waals surface area contributed by atoms with Crippen molar-refractivity contribution in [1.82, 2.24) is 15.1 Å². The minimum Gasteiger partial charge on any atom is -0.336 e. The monoisotopic (exact) mass is 385 g/mol. The van der Waals surface area contributed by atoms with Crippen LogP contribution >= 0.6 is 0 Å². The van der Waals surface area contributed by atoms with Gasteiger partial charge in [-0.1, -0.05) is 50.1 Å². The van der Waals surface area contributed by atoms with Crippen LogP contribution in [0.1, 0.15) is 64.4 Å². The summed E-state index contributed by atoms with van der Waals surface area (Å²) in [6.45, 7) is 5.02. The Morgan fingerprint density at radius 2 is 1.89 bits per heavy atom. The molecule has 1 N–H and O–H groups in total. The highest BCUT2D eigenvalue weighted by Crippen LogP contribution is 2.35. The van der Waals surface area contributed by atoms with E-state index in [1.165, 1.54) is 4.90 Å². The predicted octanol–water partition coefficient (Wildman–Crippen LogP) is 3.46. The third-order valence-electron chi connectivity index (χ3n) is 6.11. The van der Waals surface area contributed by atoms with Crippen LogP contribution in [-0.4, -0.2) is 45.8 Å². The van der Waals surface area contributed by atoms with Crippen LogP contribution in [0, 0.1) is 0 Å². The molecule has 4 amide bonds. The molecule has 1 unspecified atom stereocenters. The predicted molar refractivity (Wildman–Crippen MR) is 107 cm³/mol. The maximum absolute atomic E-state index is 12.9. The summed E-state index contributed by atoms with van der Waals surface area (Å²) in [5.74, 6) is -0.0358. The summed E-state index contributed by atoms with van der Waals surface area (Å²) in [5.41, 5.74) is 0.436. The molecule has 6 heteroatoms. The number of imide groups is 1. The fourth-order valence-corrected chi connectivity index (χ4v) is 4.22. The summed E-state index contributed by atoms with van der Waals surface area (Å²) in [6, 6.07) is 9.81. The van der Waals surface area contributed by atoms with Gasteiger partial charge in [-0.2, -0.15) is 0 Å². The van der Waals surface area contributed by atoms with Crippen molar-refractivity contribution in [2.75, 3.05) is 6.54 Å². The third kappa shape index (κ3) is 4.21. The highest BCUT2D eigenvalue weighted by atomic mass is 16.2. The molecule has 1 aliphatic carbocycles. The van der Waals surface area contributed by atoms with Gasteiger partial charge in [-0.3, -0.25) is 14.5 Å². The fraction of sp³-hybridized carbons (Fsp3) is 0.591. The zero-order valence-corrected chi connectivity index (χ0v) is 16.9. The Kier molecular flexibility index (Phi) is 6.37. The molecule has 1 heterocycles. The average Bonchev–Trinajstić information content (AvgIpc) is 3.26. The topological polar surface area (TPSA) is 69.7 Å². The van der Waals surface area contributed by atoms with Gasteiger partial charge in [0.2, 0.25) is 5.91 Å². The van der Waals surface area contributed by atoms with Crippen LogP contribution in [-0.2, 0) is 16.1 Å². The third-order valence-corrected chi connectivity index (χ3v) is 6.11. The van der Waals surface area contributed by atoms with Crippen LogP contribution < -0.4 is 5.32 Å². The molecular formula is C22H31N3O3. The number of benzene rings is 1. The summed E-state index contributed by atoms with van der Waals surface area (Å²) in [4.78, 5) is 41.0. The van der Waals surface area contributed by atoms with E-state index >= 15 is 0 Å². The van der Waals surface area contributed by atoms with E-state index < -0.39 is 5.54 Å². The molecule has 6 nitrogen and oxygen atoms in total. The Morgan fingerprint density at radius 1 is 1.21 bits per heavy atom. The molecule has 1 aromatic rings. The van der Waals surface area contributed by atoms with E-state index in [9.17, 15) is 14.4 Å². The molecule has 2 aliphatic rings. The van der Waals surface area contributed by atoms with Crippen LogP contribution in [0.2, 0.25) is 0 Å². The first-order valence-electron chi connectivity index (χ1n) is 10.4. The minimum atomic E-state index is -0.669. The van der Waals surface area contributed by atoms with E-state index in [1.807, 2.05) is 35.2 Å². The Labute approximate surface area is 167 Å². The average molecular weight is 386 g/mol. The molecule has 0 aromatic heterocycles. The Balaban J connectivity index is 1.55.